The highest BCUT2D eigenvalue weighted by Crippen LogP contribution is 2.26. The number of carbonyl (C=O) groups excluding carboxylic acids is 1. The molecule has 0 atom stereocenters. The van der Waals surface area contributed by atoms with Crippen LogP contribution in [0.1, 0.15) is 15.9 Å². The molecule has 5 aromatic rings. The first-order valence-electron chi connectivity index (χ1n) is 9.66. The average molecular weight is 465 g/mol. The van der Waals surface area contributed by atoms with Crippen LogP contribution in [0.15, 0.2) is 65.4 Å². The van der Waals surface area contributed by atoms with Crippen LogP contribution in [0.4, 0.5) is 10.1 Å². The molecule has 33 heavy (non-hydrogen) atoms. The van der Waals surface area contributed by atoms with Crippen LogP contribution in [0.25, 0.3) is 22.5 Å². The molecular formula is C22H14ClFN6O3. The number of tetrazole rings is 1. The molecule has 0 radical (unpaired) electrons. The van der Waals surface area contributed by atoms with Gasteiger partial charge in [-0.2, -0.15) is 5.21 Å². The summed E-state index contributed by atoms with van der Waals surface area (Å²) in [5.74, 6) is 0.135. The van der Waals surface area contributed by atoms with Crippen LogP contribution in [0, 0.1) is 5.82 Å². The standard InChI is InChI=1S/C22H14ClFN6O3/c23-18-7-13(24)2-1-12(18)10-32-15-5-3-14(4-6-15)26-22(31)17-11-33-20-8-19(25-9-16(17)20)21-27-29-30-28-21/h1-9,11H,10H2,(H,26,31)(H,27,28,29,30). The normalized spacial score (nSPS) is 11.0. The van der Waals surface area contributed by atoms with Gasteiger partial charge in [-0.25, -0.2) is 4.39 Å². The highest BCUT2D eigenvalue weighted by atomic mass is 35.5. The van der Waals surface area contributed by atoms with Crippen LogP contribution in [0.5, 0.6) is 5.75 Å². The summed E-state index contributed by atoms with van der Waals surface area (Å²) in [4.78, 5) is 17.0. The SMILES string of the molecule is O=C(Nc1ccc(OCc2ccc(F)cc2Cl)cc1)c1coc2cc(-c3nn[nH]n3)ncc12. The van der Waals surface area contributed by atoms with Crippen molar-refractivity contribution < 1.29 is 18.3 Å². The molecule has 3 aromatic heterocycles. The van der Waals surface area contributed by atoms with E-state index in [0.29, 0.717) is 50.1 Å². The maximum absolute atomic E-state index is 13.1. The smallest absolute Gasteiger partial charge is 0.259 e. The number of H-pyrrole nitrogens is 1. The number of amides is 1. The number of benzene rings is 2. The first-order chi connectivity index (χ1) is 16.1. The molecule has 0 aliphatic heterocycles. The number of carbonyl (C=O) groups is 1. The second kappa shape index (κ2) is 8.67. The molecule has 2 aromatic carbocycles. The van der Waals surface area contributed by atoms with E-state index in [4.69, 9.17) is 20.8 Å². The van der Waals surface area contributed by atoms with Crippen molar-refractivity contribution in [2.75, 3.05) is 5.32 Å². The van der Waals surface area contributed by atoms with Gasteiger partial charge in [0.05, 0.1) is 16.0 Å². The van der Waals surface area contributed by atoms with Crippen molar-refractivity contribution >= 4 is 34.2 Å². The molecule has 3 heterocycles. The number of rotatable bonds is 6. The number of aromatic nitrogens is 5. The summed E-state index contributed by atoms with van der Waals surface area (Å²) in [5, 5.41) is 17.3. The Balaban J connectivity index is 1.25. The largest absolute Gasteiger partial charge is 0.489 e. The molecule has 9 nitrogen and oxygen atoms in total. The molecule has 0 saturated carbocycles. The van der Waals surface area contributed by atoms with E-state index in [1.165, 1.54) is 24.6 Å². The maximum atomic E-state index is 13.1. The van der Waals surface area contributed by atoms with E-state index in [-0.39, 0.29) is 12.5 Å². The van der Waals surface area contributed by atoms with E-state index in [2.05, 4.69) is 30.9 Å². The molecule has 0 fully saturated rings. The summed E-state index contributed by atoms with van der Waals surface area (Å²) >= 11 is 6.01. The van der Waals surface area contributed by atoms with Gasteiger partial charge < -0.3 is 14.5 Å². The van der Waals surface area contributed by atoms with Gasteiger partial charge in [-0.15, -0.1) is 10.2 Å². The lowest BCUT2D eigenvalue weighted by Gasteiger charge is -2.09. The Morgan fingerprint density at radius 1 is 1.18 bits per heavy atom. The molecule has 0 bridgehead atoms. The van der Waals surface area contributed by atoms with Gasteiger partial charge in [0, 0.05) is 23.5 Å². The summed E-state index contributed by atoms with van der Waals surface area (Å²) in [7, 11) is 0. The van der Waals surface area contributed by atoms with E-state index < -0.39 is 5.82 Å². The molecule has 0 spiro atoms. The maximum Gasteiger partial charge on any atom is 0.259 e. The number of pyridine rings is 1. The quantitative estimate of drug-likeness (QED) is 0.376. The predicted octanol–water partition coefficient (Wildman–Crippen LogP) is 4.63. The fourth-order valence-corrected chi connectivity index (χ4v) is 3.35. The Labute approximate surface area is 190 Å². The minimum Gasteiger partial charge on any atom is -0.489 e. The van der Waals surface area contributed by atoms with Crippen LogP contribution in [-0.2, 0) is 6.61 Å². The van der Waals surface area contributed by atoms with Crippen LogP contribution in [0.2, 0.25) is 5.02 Å². The molecule has 2 N–H and O–H groups in total. The lowest BCUT2D eigenvalue weighted by molar-refractivity contribution is 0.102. The zero-order valence-electron chi connectivity index (χ0n) is 16.8. The average Bonchev–Trinajstić information content (AvgIpc) is 3.49. The highest BCUT2D eigenvalue weighted by Gasteiger charge is 2.16. The van der Waals surface area contributed by atoms with Crippen LogP contribution in [0.3, 0.4) is 0 Å². The number of anilines is 1. The Morgan fingerprint density at radius 2 is 2.03 bits per heavy atom. The second-order valence-electron chi connectivity index (χ2n) is 6.95. The molecule has 1 amide bonds. The van der Waals surface area contributed by atoms with Gasteiger partial charge >= 0.3 is 0 Å². The molecule has 0 aliphatic rings. The molecule has 11 heteroatoms. The number of fused-ring (bicyclic) bond motifs is 1. The van der Waals surface area contributed by atoms with Crippen molar-refractivity contribution in [3.8, 4) is 17.3 Å². The minimum atomic E-state index is -0.405. The molecule has 5 rings (SSSR count). The van der Waals surface area contributed by atoms with E-state index >= 15 is 0 Å². The number of ether oxygens (including phenoxy) is 1. The molecule has 164 valence electrons. The lowest BCUT2D eigenvalue weighted by atomic mass is 10.2. The van der Waals surface area contributed by atoms with E-state index in [1.54, 1.807) is 36.4 Å². The minimum absolute atomic E-state index is 0.185. The van der Waals surface area contributed by atoms with E-state index in [9.17, 15) is 9.18 Å². The monoisotopic (exact) mass is 464 g/mol. The molecular weight excluding hydrogens is 451 g/mol. The number of hydrogen-bond acceptors (Lipinski definition) is 7. The Morgan fingerprint density at radius 3 is 2.79 bits per heavy atom. The van der Waals surface area contributed by atoms with Crippen LogP contribution < -0.4 is 10.1 Å². The van der Waals surface area contributed by atoms with E-state index in [1.807, 2.05) is 0 Å². The zero-order valence-corrected chi connectivity index (χ0v) is 17.5. The number of nitrogens with zero attached hydrogens (tertiary/aromatic N) is 4. The van der Waals surface area contributed by atoms with Gasteiger partial charge in [0.15, 0.2) is 0 Å². The van der Waals surface area contributed by atoms with Crippen molar-refractivity contribution in [3.63, 3.8) is 0 Å². The van der Waals surface area contributed by atoms with Gasteiger partial charge in [0.2, 0.25) is 5.82 Å². The summed E-state index contributed by atoms with van der Waals surface area (Å²) in [5.41, 5.74) is 2.51. The molecule has 0 unspecified atom stereocenters. The van der Waals surface area contributed by atoms with Gasteiger partial charge in [-0.3, -0.25) is 9.78 Å². The number of aromatic amines is 1. The second-order valence-corrected chi connectivity index (χ2v) is 7.36. The lowest BCUT2D eigenvalue weighted by Crippen LogP contribution is -2.11. The van der Waals surface area contributed by atoms with Crippen molar-refractivity contribution in [1.29, 1.82) is 0 Å². The molecule has 0 saturated heterocycles. The number of nitrogens with one attached hydrogen (secondary N) is 2. The van der Waals surface area contributed by atoms with Crippen molar-refractivity contribution in [2.45, 2.75) is 6.61 Å². The summed E-state index contributed by atoms with van der Waals surface area (Å²) < 4.78 is 24.3. The first-order valence-corrected chi connectivity index (χ1v) is 10.0. The van der Waals surface area contributed by atoms with Crippen LogP contribution in [-0.4, -0.2) is 31.5 Å². The van der Waals surface area contributed by atoms with Crippen LogP contribution >= 0.6 is 11.6 Å². The summed E-state index contributed by atoms with van der Waals surface area (Å²) in [6.07, 6.45) is 2.89. The Kier molecular flexibility index (Phi) is 5.41. The molecule has 0 aliphatic carbocycles. The number of furan rings is 1. The van der Waals surface area contributed by atoms with Gasteiger partial charge in [0.1, 0.15) is 35.7 Å². The fourth-order valence-electron chi connectivity index (χ4n) is 3.12. The Hall–Kier alpha value is -4.31. The predicted molar refractivity (Wildman–Crippen MR) is 117 cm³/mol. The third-order valence-corrected chi connectivity index (χ3v) is 5.15. The summed E-state index contributed by atoms with van der Waals surface area (Å²) in [6.45, 7) is 0.185. The summed E-state index contributed by atoms with van der Waals surface area (Å²) in [6, 6.07) is 12.6. The fraction of sp³-hybridized carbons (Fsp3) is 0.0455. The van der Waals surface area contributed by atoms with Gasteiger partial charge in [-0.05, 0) is 41.6 Å². The number of hydrogen-bond donors (Lipinski definition) is 2. The Bertz CT molecular complexity index is 1440. The van der Waals surface area contributed by atoms with Crippen molar-refractivity contribution in [2.24, 2.45) is 0 Å². The highest BCUT2D eigenvalue weighted by molar-refractivity contribution is 6.31. The first kappa shape index (κ1) is 20.6. The third-order valence-electron chi connectivity index (χ3n) is 4.80. The van der Waals surface area contributed by atoms with Gasteiger partial charge in [0.25, 0.3) is 5.91 Å². The van der Waals surface area contributed by atoms with Crippen molar-refractivity contribution in [1.82, 2.24) is 25.6 Å². The topological polar surface area (TPSA) is 119 Å². The van der Waals surface area contributed by atoms with Crippen molar-refractivity contribution in [3.05, 3.63) is 83.0 Å². The van der Waals surface area contributed by atoms with Gasteiger partial charge in [-0.1, -0.05) is 17.7 Å². The zero-order chi connectivity index (χ0) is 22.8. The van der Waals surface area contributed by atoms with E-state index in [0.717, 1.165) is 0 Å². The third kappa shape index (κ3) is 4.37. The number of halogens is 2.